The Hall–Kier alpha value is -1.42. The summed E-state index contributed by atoms with van der Waals surface area (Å²) in [5.74, 6) is 3.17. The zero-order chi connectivity index (χ0) is 14.7. The van der Waals surface area contributed by atoms with Crippen molar-refractivity contribution in [1.82, 2.24) is 5.32 Å². The SMILES string of the molecule is CCC1CCCC(NCc2cc(OC)c3c(c2)OCO3)C1. The molecule has 1 N–H and O–H groups in total. The van der Waals surface area contributed by atoms with Gasteiger partial charge in [0.25, 0.3) is 0 Å². The molecule has 1 fully saturated rings. The molecule has 1 heterocycles. The van der Waals surface area contributed by atoms with Crippen molar-refractivity contribution in [3.8, 4) is 17.2 Å². The molecule has 1 aliphatic carbocycles. The third-order valence-corrected chi connectivity index (χ3v) is 4.67. The van der Waals surface area contributed by atoms with Crippen molar-refractivity contribution >= 4 is 0 Å². The molecule has 3 rings (SSSR count). The fourth-order valence-electron chi connectivity index (χ4n) is 3.40. The molecule has 4 nitrogen and oxygen atoms in total. The fraction of sp³-hybridized carbons (Fsp3) is 0.647. The number of nitrogens with one attached hydrogen (secondary N) is 1. The van der Waals surface area contributed by atoms with E-state index in [0.717, 1.165) is 29.7 Å². The number of hydrogen-bond donors (Lipinski definition) is 1. The van der Waals surface area contributed by atoms with Gasteiger partial charge >= 0.3 is 0 Å². The van der Waals surface area contributed by atoms with Gasteiger partial charge in [0.05, 0.1) is 7.11 Å². The summed E-state index contributed by atoms with van der Waals surface area (Å²) in [4.78, 5) is 0. The van der Waals surface area contributed by atoms with Gasteiger partial charge in [0, 0.05) is 12.6 Å². The van der Waals surface area contributed by atoms with E-state index in [1.165, 1.54) is 37.7 Å². The maximum Gasteiger partial charge on any atom is 0.231 e. The summed E-state index contributed by atoms with van der Waals surface area (Å²) in [6.45, 7) is 3.44. The quantitative estimate of drug-likeness (QED) is 0.901. The van der Waals surface area contributed by atoms with Gasteiger partial charge in [-0.3, -0.25) is 0 Å². The molecule has 0 aromatic heterocycles. The predicted molar refractivity (Wildman–Crippen MR) is 82.0 cm³/mol. The lowest BCUT2D eigenvalue weighted by Crippen LogP contribution is -2.33. The molecule has 0 bridgehead atoms. The molecule has 1 aromatic carbocycles. The van der Waals surface area contributed by atoms with Crippen LogP contribution in [0.15, 0.2) is 12.1 Å². The van der Waals surface area contributed by atoms with E-state index in [-0.39, 0.29) is 6.79 Å². The monoisotopic (exact) mass is 291 g/mol. The number of rotatable bonds is 5. The van der Waals surface area contributed by atoms with Crippen LogP contribution in [0.4, 0.5) is 0 Å². The second-order valence-electron chi connectivity index (χ2n) is 6.05. The molecule has 21 heavy (non-hydrogen) atoms. The molecule has 0 spiro atoms. The van der Waals surface area contributed by atoms with Gasteiger partial charge < -0.3 is 19.5 Å². The predicted octanol–water partition coefficient (Wildman–Crippen LogP) is 3.48. The summed E-state index contributed by atoms with van der Waals surface area (Å²) in [5, 5.41) is 3.69. The van der Waals surface area contributed by atoms with E-state index in [1.54, 1.807) is 7.11 Å². The standard InChI is InChI=1S/C17H25NO3/c1-3-12-5-4-6-14(7-12)18-10-13-8-15(19-2)17-16(9-13)20-11-21-17/h8-9,12,14,18H,3-7,10-11H2,1-2H3. The van der Waals surface area contributed by atoms with Crippen LogP contribution in [-0.2, 0) is 6.54 Å². The van der Waals surface area contributed by atoms with Crippen molar-refractivity contribution in [2.45, 2.75) is 51.6 Å². The Morgan fingerprint density at radius 2 is 2.19 bits per heavy atom. The second kappa shape index (κ2) is 6.56. The summed E-state index contributed by atoms with van der Waals surface area (Å²) in [7, 11) is 1.67. The van der Waals surface area contributed by atoms with E-state index in [1.807, 2.05) is 6.07 Å². The van der Waals surface area contributed by atoms with Gasteiger partial charge in [-0.2, -0.15) is 0 Å². The number of fused-ring (bicyclic) bond motifs is 1. The summed E-state index contributed by atoms with van der Waals surface area (Å²) < 4.78 is 16.3. The van der Waals surface area contributed by atoms with E-state index < -0.39 is 0 Å². The van der Waals surface area contributed by atoms with Crippen LogP contribution in [0.1, 0.15) is 44.6 Å². The van der Waals surface area contributed by atoms with Gasteiger partial charge in [0.2, 0.25) is 12.5 Å². The normalized spacial score (nSPS) is 24.1. The molecule has 2 aliphatic rings. The molecule has 1 saturated carbocycles. The summed E-state index contributed by atoms with van der Waals surface area (Å²) >= 11 is 0. The summed E-state index contributed by atoms with van der Waals surface area (Å²) in [5.41, 5.74) is 1.19. The van der Waals surface area contributed by atoms with Crippen LogP contribution in [0.5, 0.6) is 17.2 Å². The molecule has 2 atom stereocenters. The first-order valence-corrected chi connectivity index (χ1v) is 8.00. The highest BCUT2D eigenvalue weighted by Gasteiger charge is 2.22. The molecule has 1 aromatic rings. The van der Waals surface area contributed by atoms with Crippen molar-refractivity contribution < 1.29 is 14.2 Å². The van der Waals surface area contributed by atoms with Crippen LogP contribution in [0.3, 0.4) is 0 Å². The van der Waals surface area contributed by atoms with Crippen molar-refractivity contribution in [2.75, 3.05) is 13.9 Å². The zero-order valence-electron chi connectivity index (χ0n) is 13.0. The molecule has 0 radical (unpaired) electrons. The van der Waals surface area contributed by atoms with Crippen LogP contribution < -0.4 is 19.5 Å². The number of hydrogen-bond acceptors (Lipinski definition) is 4. The van der Waals surface area contributed by atoms with Gasteiger partial charge in [0.15, 0.2) is 11.5 Å². The lowest BCUT2D eigenvalue weighted by Gasteiger charge is -2.29. The maximum atomic E-state index is 5.48. The average Bonchev–Trinajstić information content (AvgIpc) is 3.00. The van der Waals surface area contributed by atoms with Crippen molar-refractivity contribution in [1.29, 1.82) is 0 Å². The van der Waals surface area contributed by atoms with Gasteiger partial charge in [0.1, 0.15) is 0 Å². The summed E-state index contributed by atoms with van der Waals surface area (Å²) in [6.07, 6.45) is 6.64. The minimum Gasteiger partial charge on any atom is -0.493 e. The average molecular weight is 291 g/mol. The van der Waals surface area contributed by atoms with E-state index in [2.05, 4.69) is 18.3 Å². The molecule has 116 valence electrons. The minimum atomic E-state index is 0.281. The van der Waals surface area contributed by atoms with Crippen LogP contribution >= 0.6 is 0 Å². The van der Waals surface area contributed by atoms with Crippen molar-refractivity contribution in [2.24, 2.45) is 5.92 Å². The molecule has 0 saturated heterocycles. The Labute approximate surface area is 126 Å². The molecule has 2 unspecified atom stereocenters. The first-order valence-electron chi connectivity index (χ1n) is 8.00. The van der Waals surface area contributed by atoms with Gasteiger partial charge in [-0.05, 0) is 36.5 Å². The highest BCUT2D eigenvalue weighted by Crippen LogP contribution is 2.41. The third-order valence-electron chi connectivity index (χ3n) is 4.67. The van der Waals surface area contributed by atoms with Crippen LogP contribution in [0.2, 0.25) is 0 Å². The van der Waals surface area contributed by atoms with Crippen molar-refractivity contribution in [3.05, 3.63) is 17.7 Å². The Morgan fingerprint density at radius 3 is 3.00 bits per heavy atom. The second-order valence-corrected chi connectivity index (χ2v) is 6.05. The van der Waals surface area contributed by atoms with E-state index in [4.69, 9.17) is 14.2 Å². The smallest absolute Gasteiger partial charge is 0.231 e. The van der Waals surface area contributed by atoms with Crippen LogP contribution in [0.25, 0.3) is 0 Å². The number of methoxy groups -OCH3 is 1. The van der Waals surface area contributed by atoms with Gasteiger partial charge in [-0.25, -0.2) is 0 Å². The Balaban J connectivity index is 1.63. The lowest BCUT2D eigenvalue weighted by atomic mass is 9.84. The topological polar surface area (TPSA) is 39.7 Å². The largest absolute Gasteiger partial charge is 0.493 e. The first-order chi connectivity index (χ1) is 10.3. The first kappa shape index (κ1) is 14.5. The number of benzene rings is 1. The lowest BCUT2D eigenvalue weighted by molar-refractivity contribution is 0.171. The maximum absolute atomic E-state index is 5.48. The van der Waals surface area contributed by atoms with E-state index in [0.29, 0.717) is 6.04 Å². The molecule has 4 heteroatoms. The third kappa shape index (κ3) is 3.26. The van der Waals surface area contributed by atoms with Crippen molar-refractivity contribution in [3.63, 3.8) is 0 Å². The Morgan fingerprint density at radius 1 is 1.29 bits per heavy atom. The zero-order valence-corrected chi connectivity index (χ0v) is 13.0. The van der Waals surface area contributed by atoms with Crippen LogP contribution in [0, 0.1) is 5.92 Å². The Bertz CT molecular complexity index is 489. The Kier molecular flexibility index (Phi) is 4.54. The van der Waals surface area contributed by atoms with E-state index in [9.17, 15) is 0 Å². The highest BCUT2D eigenvalue weighted by atomic mass is 16.7. The minimum absolute atomic E-state index is 0.281. The fourth-order valence-corrected chi connectivity index (χ4v) is 3.40. The van der Waals surface area contributed by atoms with Gasteiger partial charge in [-0.15, -0.1) is 0 Å². The molecule has 0 amide bonds. The number of ether oxygens (including phenoxy) is 3. The molecular weight excluding hydrogens is 266 g/mol. The van der Waals surface area contributed by atoms with Crippen LogP contribution in [-0.4, -0.2) is 19.9 Å². The summed E-state index contributed by atoms with van der Waals surface area (Å²) in [6, 6.07) is 4.73. The molecular formula is C17H25NO3. The highest BCUT2D eigenvalue weighted by molar-refractivity contribution is 5.55. The van der Waals surface area contributed by atoms with Gasteiger partial charge in [-0.1, -0.05) is 26.2 Å². The van der Waals surface area contributed by atoms with E-state index >= 15 is 0 Å². The molecule has 1 aliphatic heterocycles.